The van der Waals surface area contributed by atoms with Crippen molar-refractivity contribution in [2.24, 2.45) is 7.05 Å². The molecule has 1 aliphatic heterocycles. The maximum Gasteiger partial charge on any atom is 0.227 e. The molecule has 128 valence electrons. The molecule has 24 heavy (non-hydrogen) atoms. The Kier molecular flexibility index (Phi) is 4.46. The number of carbonyl (C=O) groups is 1. The number of aryl methyl sites for hydroxylation is 2. The minimum atomic E-state index is 0.131. The molecule has 2 aromatic rings. The van der Waals surface area contributed by atoms with Gasteiger partial charge in [0.05, 0.1) is 26.3 Å². The number of benzene rings is 1. The average molecular weight is 329 g/mol. The Morgan fingerprint density at radius 2 is 1.88 bits per heavy atom. The highest BCUT2D eigenvalue weighted by molar-refractivity contribution is 5.79. The summed E-state index contributed by atoms with van der Waals surface area (Å²) in [6, 6.07) is 3.99. The number of hydrogen-bond acceptors (Lipinski definition) is 4. The van der Waals surface area contributed by atoms with Crippen LogP contribution < -0.4 is 9.47 Å². The summed E-state index contributed by atoms with van der Waals surface area (Å²) >= 11 is 0. The maximum absolute atomic E-state index is 12.6. The lowest BCUT2D eigenvalue weighted by Gasteiger charge is -2.29. The van der Waals surface area contributed by atoms with Crippen molar-refractivity contribution in [1.82, 2.24) is 14.7 Å². The first-order chi connectivity index (χ1) is 11.5. The second kappa shape index (κ2) is 6.55. The van der Waals surface area contributed by atoms with Crippen LogP contribution >= 0.6 is 0 Å². The molecule has 1 aliphatic rings. The normalized spacial score (nSPS) is 13.6. The molecule has 0 unspecified atom stereocenters. The predicted octanol–water partition coefficient (Wildman–Crippen LogP) is 1.87. The fourth-order valence-electron chi connectivity index (χ4n) is 3.19. The summed E-state index contributed by atoms with van der Waals surface area (Å²) in [4.78, 5) is 14.6. The Bertz CT molecular complexity index is 767. The van der Waals surface area contributed by atoms with Crippen LogP contribution in [0.4, 0.5) is 0 Å². The van der Waals surface area contributed by atoms with E-state index in [9.17, 15) is 4.79 Å². The van der Waals surface area contributed by atoms with E-state index < -0.39 is 0 Å². The molecule has 0 radical (unpaired) electrons. The van der Waals surface area contributed by atoms with Crippen LogP contribution in [-0.4, -0.2) is 41.4 Å². The number of ether oxygens (including phenoxy) is 2. The van der Waals surface area contributed by atoms with Crippen molar-refractivity contribution in [3.8, 4) is 11.5 Å². The summed E-state index contributed by atoms with van der Waals surface area (Å²) in [6.45, 7) is 3.26. The van der Waals surface area contributed by atoms with Crippen LogP contribution in [0.25, 0.3) is 0 Å². The Labute approximate surface area is 142 Å². The first-order valence-electron chi connectivity index (χ1n) is 8.02. The summed E-state index contributed by atoms with van der Waals surface area (Å²) in [5.74, 6) is 1.57. The molecule has 1 aromatic carbocycles. The topological polar surface area (TPSA) is 56.6 Å². The van der Waals surface area contributed by atoms with Gasteiger partial charge < -0.3 is 14.4 Å². The fourth-order valence-corrected chi connectivity index (χ4v) is 3.19. The van der Waals surface area contributed by atoms with Gasteiger partial charge >= 0.3 is 0 Å². The number of methoxy groups -OCH3 is 2. The van der Waals surface area contributed by atoms with E-state index in [-0.39, 0.29) is 5.91 Å². The van der Waals surface area contributed by atoms with E-state index in [0.717, 1.165) is 35.5 Å². The van der Waals surface area contributed by atoms with Crippen LogP contribution in [0.2, 0.25) is 0 Å². The third kappa shape index (κ3) is 3.09. The lowest BCUT2D eigenvalue weighted by atomic mass is 9.98. The molecule has 1 aromatic heterocycles. The Morgan fingerprint density at radius 3 is 2.46 bits per heavy atom. The molecule has 3 rings (SSSR count). The lowest BCUT2D eigenvalue weighted by Crippen LogP contribution is -2.37. The smallest absolute Gasteiger partial charge is 0.227 e. The molecule has 0 spiro atoms. The molecule has 1 amide bonds. The van der Waals surface area contributed by atoms with Gasteiger partial charge in [0.2, 0.25) is 5.91 Å². The standard InChI is InChI=1S/C18H23N3O3/c1-12-14(10-20(2)19-12)9-18(22)21-6-5-13-7-16(23-3)17(24-4)8-15(13)11-21/h7-8,10H,5-6,9,11H2,1-4H3. The molecule has 0 saturated heterocycles. The monoisotopic (exact) mass is 329 g/mol. The highest BCUT2D eigenvalue weighted by atomic mass is 16.5. The zero-order valence-electron chi connectivity index (χ0n) is 14.6. The van der Waals surface area contributed by atoms with Crippen molar-refractivity contribution < 1.29 is 14.3 Å². The summed E-state index contributed by atoms with van der Waals surface area (Å²) in [7, 11) is 5.14. The zero-order valence-corrected chi connectivity index (χ0v) is 14.6. The van der Waals surface area contributed by atoms with Crippen LogP contribution in [0, 0.1) is 6.92 Å². The van der Waals surface area contributed by atoms with Gasteiger partial charge in [-0.05, 0) is 36.6 Å². The van der Waals surface area contributed by atoms with Crippen LogP contribution in [0.1, 0.15) is 22.4 Å². The van der Waals surface area contributed by atoms with Crippen molar-refractivity contribution in [2.45, 2.75) is 26.3 Å². The molecule has 6 nitrogen and oxygen atoms in total. The first-order valence-corrected chi connectivity index (χ1v) is 8.02. The van der Waals surface area contributed by atoms with Crippen LogP contribution in [0.3, 0.4) is 0 Å². The molecule has 0 N–H and O–H groups in total. The van der Waals surface area contributed by atoms with Crippen molar-refractivity contribution in [3.05, 3.63) is 40.7 Å². The highest BCUT2D eigenvalue weighted by Gasteiger charge is 2.23. The third-order valence-electron chi connectivity index (χ3n) is 4.53. The van der Waals surface area contributed by atoms with E-state index in [1.807, 2.05) is 37.2 Å². The van der Waals surface area contributed by atoms with E-state index in [0.29, 0.717) is 18.7 Å². The average Bonchev–Trinajstić information content (AvgIpc) is 2.90. The van der Waals surface area contributed by atoms with Gasteiger partial charge in [-0.25, -0.2) is 0 Å². The lowest BCUT2D eigenvalue weighted by molar-refractivity contribution is -0.131. The number of carbonyl (C=O) groups excluding carboxylic acids is 1. The Hall–Kier alpha value is -2.50. The molecule has 0 bridgehead atoms. The van der Waals surface area contributed by atoms with E-state index in [2.05, 4.69) is 5.10 Å². The van der Waals surface area contributed by atoms with Gasteiger partial charge in [-0.1, -0.05) is 0 Å². The van der Waals surface area contributed by atoms with Crippen molar-refractivity contribution >= 4 is 5.91 Å². The number of nitrogens with zero attached hydrogens (tertiary/aromatic N) is 3. The van der Waals surface area contributed by atoms with Gasteiger partial charge in [-0.15, -0.1) is 0 Å². The summed E-state index contributed by atoms with van der Waals surface area (Å²) in [5, 5.41) is 4.30. The molecule has 6 heteroatoms. The van der Waals surface area contributed by atoms with Crippen LogP contribution in [0.15, 0.2) is 18.3 Å². The van der Waals surface area contributed by atoms with Crippen LogP contribution in [0.5, 0.6) is 11.5 Å². The van der Waals surface area contributed by atoms with Gasteiger partial charge in [-0.3, -0.25) is 9.48 Å². The third-order valence-corrected chi connectivity index (χ3v) is 4.53. The molecule has 0 fully saturated rings. The number of amides is 1. The van der Waals surface area contributed by atoms with Gasteiger partial charge in [0.25, 0.3) is 0 Å². The van der Waals surface area contributed by atoms with Gasteiger partial charge in [0, 0.05) is 31.9 Å². The van der Waals surface area contributed by atoms with Gasteiger partial charge in [0.15, 0.2) is 11.5 Å². The molecule has 0 saturated carbocycles. The summed E-state index contributed by atoms with van der Waals surface area (Å²) in [6.07, 6.45) is 3.13. The quantitative estimate of drug-likeness (QED) is 0.859. The molecule has 0 aliphatic carbocycles. The number of hydrogen-bond donors (Lipinski definition) is 0. The maximum atomic E-state index is 12.6. The van der Waals surface area contributed by atoms with Gasteiger partial charge in [-0.2, -0.15) is 5.10 Å². The summed E-state index contributed by atoms with van der Waals surface area (Å²) < 4.78 is 12.5. The number of fused-ring (bicyclic) bond motifs is 1. The fraction of sp³-hybridized carbons (Fsp3) is 0.444. The first kappa shape index (κ1) is 16.4. The second-order valence-corrected chi connectivity index (χ2v) is 6.13. The van der Waals surface area contributed by atoms with E-state index in [1.165, 1.54) is 5.56 Å². The highest BCUT2D eigenvalue weighted by Crippen LogP contribution is 2.33. The van der Waals surface area contributed by atoms with Crippen molar-refractivity contribution in [2.75, 3.05) is 20.8 Å². The minimum absolute atomic E-state index is 0.131. The van der Waals surface area contributed by atoms with Crippen molar-refractivity contribution in [1.29, 1.82) is 0 Å². The Balaban J connectivity index is 1.76. The molecule has 0 atom stereocenters. The Morgan fingerprint density at radius 1 is 1.21 bits per heavy atom. The van der Waals surface area contributed by atoms with E-state index >= 15 is 0 Å². The van der Waals surface area contributed by atoms with E-state index in [1.54, 1.807) is 18.9 Å². The predicted molar refractivity (Wildman–Crippen MR) is 90.3 cm³/mol. The van der Waals surface area contributed by atoms with Gasteiger partial charge in [0.1, 0.15) is 0 Å². The van der Waals surface area contributed by atoms with Crippen LogP contribution in [-0.2, 0) is 31.2 Å². The summed E-state index contributed by atoms with van der Waals surface area (Å²) in [5.41, 5.74) is 4.24. The van der Waals surface area contributed by atoms with E-state index in [4.69, 9.17) is 9.47 Å². The number of rotatable bonds is 4. The largest absolute Gasteiger partial charge is 0.493 e. The zero-order chi connectivity index (χ0) is 17.3. The molecular weight excluding hydrogens is 306 g/mol. The molecule has 2 heterocycles. The second-order valence-electron chi connectivity index (χ2n) is 6.13. The number of aromatic nitrogens is 2. The minimum Gasteiger partial charge on any atom is -0.493 e. The SMILES string of the molecule is COc1cc2c(cc1OC)CN(C(=O)Cc1cn(C)nc1C)CC2. The van der Waals surface area contributed by atoms with Crippen molar-refractivity contribution in [3.63, 3.8) is 0 Å². The molecular formula is C18H23N3O3.